The maximum atomic E-state index is 13.0. The highest BCUT2D eigenvalue weighted by molar-refractivity contribution is 5.74. The highest BCUT2D eigenvalue weighted by Gasteiger charge is 2.68. The molecule has 4 aliphatic rings. The van der Waals surface area contributed by atoms with E-state index >= 15 is 0 Å². The van der Waals surface area contributed by atoms with E-state index < -0.39 is 23.4 Å². The number of nitrogens with one attached hydrogen (secondary N) is 2. The van der Waals surface area contributed by atoms with Crippen molar-refractivity contribution in [3.63, 3.8) is 0 Å². The Balaban J connectivity index is 1.50. The maximum Gasteiger partial charge on any atom is 0.155 e. The van der Waals surface area contributed by atoms with Gasteiger partial charge in [0.05, 0.1) is 18.3 Å². The van der Waals surface area contributed by atoms with Crippen LogP contribution in [-0.2, 0) is 27.1 Å². The number of allylic oxidation sites excluding steroid dienone is 9. The molecule has 1 spiro atoms. The van der Waals surface area contributed by atoms with E-state index in [0.29, 0.717) is 57.2 Å². The minimum atomic E-state index is -1.24. The first-order chi connectivity index (χ1) is 29.1. The molecule has 0 radical (unpaired) electrons. The number of aldehydes is 1. The average Bonchev–Trinajstić information content (AvgIpc) is 3.57. The molecule has 61 heavy (non-hydrogen) atoms. The van der Waals surface area contributed by atoms with E-state index in [4.69, 9.17) is 9.47 Å². The van der Waals surface area contributed by atoms with Crippen molar-refractivity contribution in [2.24, 2.45) is 40.9 Å². The van der Waals surface area contributed by atoms with Crippen LogP contribution in [0, 0.1) is 40.9 Å². The number of rotatable bonds is 18. The van der Waals surface area contributed by atoms with Crippen molar-refractivity contribution >= 4 is 6.29 Å². The Morgan fingerprint density at radius 3 is 2.66 bits per heavy atom. The molecule has 2 fully saturated rings. The van der Waals surface area contributed by atoms with Crippen molar-refractivity contribution in [1.82, 2.24) is 10.6 Å². The van der Waals surface area contributed by atoms with Gasteiger partial charge in [-0.25, -0.2) is 0 Å². The predicted octanol–water partition coefficient (Wildman–Crippen LogP) is 7.36. The van der Waals surface area contributed by atoms with Crippen LogP contribution < -0.4 is 10.6 Å². The summed E-state index contributed by atoms with van der Waals surface area (Å²) >= 11 is 0. The topological polar surface area (TPSA) is 141 Å². The highest BCUT2D eigenvalue weighted by atomic mass is 16.6. The summed E-state index contributed by atoms with van der Waals surface area (Å²) in [4.78, 5) is 12.5. The van der Waals surface area contributed by atoms with Gasteiger partial charge >= 0.3 is 0 Å². The van der Waals surface area contributed by atoms with Gasteiger partial charge in [-0.1, -0.05) is 97.9 Å². The molecule has 1 aromatic carbocycles. The molecule has 3 aliphatic carbocycles. The molecule has 5 rings (SSSR count). The van der Waals surface area contributed by atoms with Gasteiger partial charge in [-0.2, -0.15) is 0 Å². The minimum absolute atomic E-state index is 0.0391. The summed E-state index contributed by atoms with van der Waals surface area (Å²) in [7, 11) is 3.63. The number of methoxy groups -OCH3 is 1. The molecule has 0 amide bonds. The van der Waals surface area contributed by atoms with Crippen molar-refractivity contribution in [1.29, 1.82) is 0 Å². The molecular formula is C52H78N2O7. The average molecular weight is 843 g/mol. The molecule has 1 heterocycles. The van der Waals surface area contributed by atoms with Crippen LogP contribution in [0.5, 0.6) is 0 Å². The number of ether oxygens (including phenoxy) is 2. The summed E-state index contributed by atoms with van der Waals surface area (Å²) in [5, 5.41) is 54.2. The Labute approximate surface area is 367 Å². The van der Waals surface area contributed by atoms with Crippen LogP contribution in [0.15, 0.2) is 95.2 Å². The Morgan fingerprint density at radius 1 is 1.18 bits per heavy atom. The van der Waals surface area contributed by atoms with E-state index in [1.807, 2.05) is 40.0 Å². The van der Waals surface area contributed by atoms with Crippen molar-refractivity contribution in [2.75, 3.05) is 47.1 Å². The number of carbonyl (C=O) groups is 1. The van der Waals surface area contributed by atoms with Gasteiger partial charge in [0, 0.05) is 56.1 Å². The minimum Gasteiger partial charge on any atom is -0.396 e. The van der Waals surface area contributed by atoms with E-state index in [-0.39, 0.29) is 54.3 Å². The van der Waals surface area contributed by atoms with Gasteiger partial charge in [0.2, 0.25) is 0 Å². The molecule has 9 heteroatoms. The third-order valence-corrected chi connectivity index (χ3v) is 14.6. The molecule has 1 aromatic rings. The largest absolute Gasteiger partial charge is 0.396 e. The van der Waals surface area contributed by atoms with E-state index in [1.54, 1.807) is 7.11 Å². The van der Waals surface area contributed by atoms with Gasteiger partial charge in [-0.3, -0.25) is 4.79 Å². The van der Waals surface area contributed by atoms with Crippen molar-refractivity contribution in [3.8, 4) is 0 Å². The zero-order chi connectivity index (χ0) is 44.4. The molecule has 6 N–H and O–H groups in total. The molecule has 2 saturated carbocycles. The van der Waals surface area contributed by atoms with Crippen molar-refractivity contribution in [2.45, 2.75) is 122 Å². The van der Waals surface area contributed by atoms with Crippen LogP contribution in [-0.4, -0.2) is 97.3 Å². The van der Waals surface area contributed by atoms with Crippen molar-refractivity contribution < 1.29 is 34.7 Å². The summed E-state index contributed by atoms with van der Waals surface area (Å²) in [5.74, 6) is -0.592. The fourth-order valence-corrected chi connectivity index (χ4v) is 11.3. The van der Waals surface area contributed by atoms with E-state index in [9.17, 15) is 25.2 Å². The lowest BCUT2D eigenvalue weighted by Crippen LogP contribution is -2.65. The first-order valence-corrected chi connectivity index (χ1v) is 23.0. The number of carbonyl (C=O) groups excluding carboxylic acids is 1. The molecule has 0 saturated heterocycles. The standard InChI is InChI=1S/C52H78N2O7/c1-35(2)27-46(57)61-34-44(14-9-11-37(4)42-16-15-36(3)32-54-50(6,23-26-60-8)30-40-13-10-12-39(28-40)29-42)45-19-21-52(49(45)58)48-41(20-25-55)17-18-43(47(48)38(5)33-56)31-51(52,59)22-24-53-7/h9-15,17-18,28,33,35,41-43,45-46,48-49,53-55,57-59H,4,16,19-27,29-32,34H2,1-3,5-8H3. The van der Waals surface area contributed by atoms with Crippen LogP contribution in [0.1, 0.15) is 97.1 Å². The van der Waals surface area contributed by atoms with E-state index in [1.165, 1.54) is 16.7 Å². The van der Waals surface area contributed by atoms with E-state index in [0.717, 1.165) is 55.2 Å². The van der Waals surface area contributed by atoms with Crippen LogP contribution in [0.3, 0.4) is 0 Å². The normalized spacial score (nSPS) is 33.4. The summed E-state index contributed by atoms with van der Waals surface area (Å²) in [6.07, 6.45) is 18.1. The molecular weight excluding hydrogens is 765 g/mol. The zero-order valence-corrected chi connectivity index (χ0v) is 38.3. The summed E-state index contributed by atoms with van der Waals surface area (Å²) in [5.41, 5.74) is 5.02. The van der Waals surface area contributed by atoms with Gasteiger partial charge in [0.25, 0.3) is 0 Å². The van der Waals surface area contributed by atoms with Crippen LogP contribution >= 0.6 is 0 Å². The Hall–Kier alpha value is -2.99. The molecule has 1 aliphatic heterocycles. The molecule has 0 aromatic heterocycles. The lowest BCUT2D eigenvalue weighted by molar-refractivity contribution is -0.194. The molecule has 10 atom stereocenters. The lowest BCUT2D eigenvalue weighted by atomic mass is 9.45. The van der Waals surface area contributed by atoms with Gasteiger partial charge in [0.15, 0.2) is 6.29 Å². The second-order valence-corrected chi connectivity index (χ2v) is 19.5. The quantitative estimate of drug-likeness (QED) is 0.0294. The summed E-state index contributed by atoms with van der Waals surface area (Å²) in [6.45, 7) is 17.2. The summed E-state index contributed by atoms with van der Waals surface area (Å²) < 4.78 is 11.6. The highest BCUT2D eigenvalue weighted by Crippen LogP contribution is 2.67. The predicted molar refractivity (Wildman–Crippen MR) is 246 cm³/mol. The Morgan fingerprint density at radius 2 is 1.95 bits per heavy atom. The molecule has 10 unspecified atom stereocenters. The smallest absolute Gasteiger partial charge is 0.155 e. The first kappa shape index (κ1) is 49.0. The SMILES string of the molecule is C=C(C=CC=C(COC(O)CC(C)C)C1CCC2(C1O)C1C(=C(C)C=O)C(C=CC1CCO)CC2(O)CCNC)C1CC=C(C)CNC(C)(CCOC)Cc2cccc(c2)C1. The maximum absolute atomic E-state index is 13.0. The van der Waals surface area contributed by atoms with E-state index in [2.05, 4.69) is 79.6 Å². The fourth-order valence-electron chi connectivity index (χ4n) is 11.3. The van der Waals surface area contributed by atoms with Gasteiger partial charge < -0.3 is 40.5 Å². The second kappa shape index (κ2) is 22.1. The number of hydrogen-bond donors (Lipinski definition) is 6. The van der Waals surface area contributed by atoms with Crippen molar-refractivity contribution in [3.05, 3.63) is 106 Å². The van der Waals surface area contributed by atoms with Gasteiger partial charge in [-0.05, 0) is 138 Å². The number of hydrogen-bond acceptors (Lipinski definition) is 9. The fraction of sp³-hybridized carbons (Fsp3) is 0.635. The Kier molecular flexibility index (Phi) is 17.7. The third kappa shape index (κ3) is 11.6. The molecule has 9 nitrogen and oxygen atoms in total. The third-order valence-electron chi connectivity index (χ3n) is 14.6. The van der Waals surface area contributed by atoms with Crippen LogP contribution in [0.2, 0.25) is 0 Å². The number of aliphatic hydroxyl groups is 4. The Bertz CT molecular complexity index is 1800. The van der Waals surface area contributed by atoms with Gasteiger partial charge in [0.1, 0.15) is 6.29 Å². The zero-order valence-electron chi connectivity index (χ0n) is 38.3. The molecule has 338 valence electrons. The lowest BCUT2D eigenvalue weighted by Gasteiger charge is -2.61. The first-order valence-electron chi connectivity index (χ1n) is 23.0. The summed E-state index contributed by atoms with van der Waals surface area (Å²) in [6, 6.07) is 8.92. The van der Waals surface area contributed by atoms with Crippen LogP contribution in [0.25, 0.3) is 0 Å². The second-order valence-electron chi connectivity index (χ2n) is 19.5. The number of fused-ring (bicyclic) bond motifs is 5. The molecule has 4 bridgehead atoms. The monoisotopic (exact) mass is 843 g/mol. The van der Waals surface area contributed by atoms with Gasteiger partial charge in [-0.15, -0.1) is 0 Å². The number of aliphatic hydroxyl groups excluding tert-OH is 3. The van der Waals surface area contributed by atoms with Crippen LogP contribution in [0.4, 0.5) is 0 Å². The number of benzene rings is 1.